The van der Waals surface area contributed by atoms with Crippen molar-refractivity contribution in [2.24, 2.45) is 0 Å². The number of carbonyl (C=O) groups is 1. The minimum Gasteiger partial charge on any atom is -0.508 e. The van der Waals surface area contributed by atoms with Crippen molar-refractivity contribution in [1.29, 1.82) is 0 Å². The maximum atomic E-state index is 11.2. The summed E-state index contributed by atoms with van der Waals surface area (Å²) in [5.41, 5.74) is 0.716. The molecule has 0 saturated carbocycles. The lowest BCUT2D eigenvalue weighted by molar-refractivity contribution is 0.0693. The quantitative estimate of drug-likeness (QED) is 0.663. The average molecular weight is 270 g/mol. The molecule has 1 aromatic carbocycles. The molecule has 3 aromatic rings. The number of hydrogen-bond donors (Lipinski definition) is 3. The molecule has 100 valence electrons. The summed E-state index contributed by atoms with van der Waals surface area (Å²) in [5.74, 6) is -0.773. The first-order chi connectivity index (χ1) is 9.56. The highest BCUT2D eigenvalue weighted by Crippen LogP contribution is 2.27. The Labute approximate surface area is 113 Å². The van der Waals surface area contributed by atoms with Gasteiger partial charge in [0.1, 0.15) is 17.3 Å². The average Bonchev–Trinajstić information content (AvgIpc) is 2.77. The number of aromatic hydroxyl groups is 2. The highest BCUT2D eigenvalue weighted by Gasteiger charge is 2.18. The number of carboxylic acid groups (broad SMARTS) is 1. The van der Waals surface area contributed by atoms with Crippen molar-refractivity contribution < 1.29 is 20.1 Å². The first-order valence-electron chi connectivity index (χ1n) is 5.80. The van der Waals surface area contributed by atoms with E-state index < -0.39 is 5.97 Å². The Morgan fingerprint density at radius 2 is 1.85 bits per heavy atom. The molecule has 0 aliphatic rings. The van der Waals surface area contributed by atoms with Gasteiger partial charge in [-0.25, -0.2) is 9.78 Å². The van der Waals surface area contributed by atoms with Gasteiger partial charge in [-0.05, 0) is 18.2 Å². The molecule has 0 radical (unpaired) electrons. The van der Waals surface area contributed by atoms with Gasteiger partial charge in [-0.1, -0.05) is 12.1 Å². The lowest BCUT2D eigenvalue weighted by Gasteiger charge is -2.02. The number of aromatic carboxylic acids is 1. The van der Waals surface area contributed by atoms with Crippen LogP contribution in [-0.2, 0) is 0 Å². The van der Waals surface area contributed by atoms with Gasteiger partial charge in [0.25, 0.3) is 0 Å². The highest BCUT2D eigenvalue weighted by molar-refractivity contribution is 5.95. The molecule has 2 aromatic heterocycles. The van der Waals surface area contributed by atoms with Crippen LogP contribution >= 0.6 is 0 Å². The molecule has 0 spiro atoms. The molecule has 0 aliphatic carbocycles. The van der Waals surface area contributed by atoms with Gasteiger partial charge in [-0.3, -0.25) is 4.40 Å². The van der Waals surface area contributed by atoms with Gasteiger partial charge >= 0.3 is 5.97 Å². The third-order valence-corrected chi connectivity index (χ3v) is 2.93. The zero-order valence-electron chi connectivity index (χ0n) is 10.2. The number of hydrogen-bond acceptors (Lipinski definition) is 4. The van der Waals surface area contributed by atoms with Crippen molar-refractivity contribution in [3.05, 3.63) is 48.3 Å². The molecule has 3 N–H and O–H groups in total. The van der Waals surface area contributed by atoms with Gasteiger partial charge in [-0.2, -0.15) is 0 Å². The summed E-state index contributed by atoms with van der Waals surface area (Å²) in [5, 5.41) is 28.2. The predicted molar refractivity (Wildman–Crippen MR) is 70.9 cm³/mol. The summed E-state index contributed by atoms with van der Waals surface area (Å²) in [7, 11) is 0. The molecule has 0 bridgehead atoms. The van der Waals surface area contributed by atoms with E-state index in [1.165, 1.54) is 30.5 Å². The van der Waals surface area contributed by atoms with Gasteiger partial charge in [0.05, 0.1) is 5.52 Å². The van der Waals surface area contributed by atoms with Crippen LogP contribution in [0.5, 0.6) is 11.5 Å². The van der Waals surface area contributed by atoms with E-state index in [0.717, 1.165) is 0 Å². The molecule has 3 rings (SSSR count). The van der Waals surface area contributed by atoms with Crippen molar-refractivity contribution in [3.63, 3.8) is 0 Å². The van der Waals surface area contributed by atoms with Crippen LogP contribution in [0.15, 0.2) is 42.6 Å². The van der Waals surface area contributed by atoms with Crippen molar-refractivity contribution in [3.8, 4) is 22.9 Å². The van der Waals surface area contributed by atoms with Crippen LogP contribution in [0.25, 0.3) is 16.9 Å². The van der Waals surface area contributed by atoms with Crippen LogP contribution in [0, 0.1) is 0 Å². The second kappa shape index (κ2) is 4.27. The minimum atomic E-state index is -1.18. The smallest absolute Gasteiger partial charge is 0.356 e. The summed E-state index contributed by atoms with van der Waals surface area (Å²) in [6, 6.07) is 9.14. The molecule has 6 heteroatoms. The Kier molecular flexibility index (Phi) is 2.57. The molecule has 0 saturated heterocycles. The van der Waals surface area contributed by atoms with Crippen LogP contribution in [-0.4, -0.2) is 30.7 Å². The van der Waals surface area contributed by atoms with Gasteiger partial charge < -0.3 is 15.3 Å². The van der Waals surface area contributed by atoms with Crippen LogP contribution in [0.1, 0.15) is 10.5 Å². The number of pyridine rings is 1. The summed E-state index contributed by atoms with van der Waals surface area (Å²) >= 11 is 0. The first-order valence-corrected chi connectivity index (χ1v) is 5.80. The molecule has 0 unspecified atom stereocenters. The standard InChI is InChI=1S/C14H10N2O4/c17-9-3-1-2-8(6-9)13-15-12(14(19)20)11-7-10(18)4-5-16(11)13/h1-7,17-18H,(H,19,20). The zero-order chi connectivity index (χ0) is 14.3. The van der Waals surface area contributed by atoms with Gasteiger partial charge in [0.2, 0.25) is 0 Å². The monoisotopic (exact) mass is 270 g/mol. The lowest BCUT2D eigenvalue weighted by atomic mass is 10.2. The van der Waals surface area contributed by atoms with E-state index in [4.69, 9.17) is 0 Å². The zero-order valence-corrected chi connectivity index (χ0v) is 10.2. The SMILES string of the molecule is O=C(O)c1nc(-c2cccc(O)c2)n2ccc(O)cc12. The number of rotatable bonds is 2. The Morgan fingerprint density at radius 3 is 2.55 bits per heavy atom. The molecule has 0 aliphatic heterocycles. The number of phenols is 1. The van der Waals surface area contributed by atoms with E-state index in [1.807, 2.05) is 0 Å². The number of aromatic nitrogens is 2. The fourth-order valence-corrected chi connectivity index (χ4v) is 2.08. The van der Waals surface area contributed by atoms with E-state index in [1.54, 1.807) is 16.5 Å². The Morgan fingerprint density at radius 1 is 1.10 bits per heavy atom. The molecule has 20 heavy (non-hydrogen) atoms. The molecule has 0 fully saturated rings. The number of benzene rings is 1. The molecule has 0 atom stereocenters. The molecule has 2 heterocycles. The number of nitrogens with zero attached hydrogens (tertiary/aromatic N) is 2. The second-order valence-corrected chi connectivity index (χ2v) is 4.28. The van der Waals surface area contributed by atoms with Crippen molar-refractivity contribution in [1.82, 2.24) is 9.38 Å². The van der Waals surface area contributed by atoms with E-state index in [2.05, 4.69) is 4.98 Å². The number of imidazole rings is 1. The van der Waals surface area contributed by atoms with Crippen molar-refractivity contribution >= 4 is 11.5 Å². The second-order valence-electron chi connectivity index (χ2n) is 4.28. The predicted octanol–water partition coefficient (Wildman–Crippen LogP) is 2.11. The van der Waals surface area contributed by atoms with Gasteiger partial charge in [0, 0.05) is 17.8 Å². The molecular formula is C14H10N2O4. The number of phenolic OH excluding ortho intramolecular Hbond substituents is 1. The van der Waals surface area contributed by atoms with E-state index in [9.17, 15) is 20.1 Å². The van der Waals surface area contributed by atoms with E-state index in [0.29, 0.717) is 11.4 Å². The largest absolute Gasteiger partial charge is 0.508 e. The fraction of sp³-hybridized carbons (Fsp3) is 0. The lowest BCUT2D eigenvalue weighted by Crippen LogP contribution is -1.97. The highest BCUT2D eigenvalue weighted by atomic mass is 16.4. The van der Waals surface area contributed by atoms with Crippen LogP contribution < -0.4 is 0 Å². The topological polar surface area (TPSA) is 95.1 Å². The minimum absolute atomic E-state index is 0.0395. The van der Waals surface area contributed by atoms with E-state index >= 15 is 0 Å². The fourth-order valence-electron chi connectivity index (χ4n) is 2.08. The van der Waals surface area contributed by atoms with Crippen LogP contribution in [0.4, 0.5) is 0 Å². The molecule has 0 amide bonds. The van der Waals surface area contributed by atoms with Gasteiger partial charge in [-0.15, -0.1) is 0 Å². The summed E-state index contributed by atoms with van der Waals surface area (Å²) in [6.45, 7) is 0. The molecular weight excluding hydrogens is 260 g/mol. The van der Waals surface area contributed by atoms with Crippen LogP contribution in [0.3, 0.4) is 0 Å². The van der Waals surface area contributed by atoms with E-state index in [-0.39, 0.29) is 22.7 Å². The molecule has 6 nitrogen and oxygen atoms in total. The Hall–Kier alpha value is -3.02. The van der Waals surface area contributed by atoms with Gasteiger partial charge in [0.15, 0.2) is 5.69 Å². The first kappa shape index (κ1) is 12.0. The Balaban J connectivity index is 2.34. The summed E-state index contributed by atoms with van der Waals surface area (Å²) in [4.78, 5) is 15.3. The van der Waals surface area contributed by atoms with Crippen molar-refractivity contribution in [2.45, 2.75) is 0 Å². The third-order valence-electron chi connectivity index (χ3n) is 2.93. The van der Waals surface area contributed by atoms with Crippen LogP contribution in [0.2, 0.25) is 0 Å². The number of fused-ring (bicyclic) bond motifs is 1. The normalized spacial score (nSPS) is 10.8. The van der Waals surface area contributed by atoms with Crippen molar-refractivity contribution in [2.75, 3.05) is 0 Å². The maximum Gasteiger partial charge on any atom is 0.356 e. The summed E-state index contributed by atoms with van der Waals surface area (Å²) in [6.07, 6.45) is 1.53. The third kappa shape index (κ3) is 1.83. The number of carboxylic acids is 1. The summed E-state index contributed by atoms with van der Waals surface area (Å²) < 4.78 is 1.55. The Bertz CT molecular complexity index is 823. The maximum absolute atomic E-state index is 11.2.